The third-order valence-corrected chi connectivity index (χ3v) is 7.36. The van der Waals surface area contributed by atoms with E-state index in [-0.39, 0.29) is 40.6 Å². The number of nitrogens with two attached hydrogens (primary N) is 1. The Hall–Kier alpha value is -6.07. The van der Waals surface area contributed by atoms with E-state index in [1.165, 1.54) is 29.1 Å². The topological polar surface area (TPSA) is 216 Å². The Balaban J connectivity index is 1.37. The largest absolute Gasteiger partial charge is 0.349 e. The first kappa shape index (κ1) is 35.8. The van der Waals surface area contributed by atoms with Crippen LogP contribution >= 0.6 is 11.6 Å². The van der Waals surface area contributed by atoms with Crippen LogP contribution in [0.5, 0.6) is 0 Å². The van der Waals surface area contributed by atoms with Crippen molar-refractivity contribution in [1.82, 2.24) is 29.0 Å². The minimum absolute atomic E-state index is 0.195. The number of halogens is 1. The number of nitrogens with zero attached hydrogens (tertiary/aromatic N) is 5. The molecule has 1 unspecified atom stereocenters. The van der Waals surface area contributed by atoms with Crippen molar-refractivity contribution in [3.63, 3.8) is 0 Å². The average Bonchev–Trinajstić information content (AvgIpc) is 3.79. The molecule has 0 saturated carbocycles. The number of aromatic nitrogens is 4. The van der Waals surface area contributed by atoms with Crippen molar-refractivity contribution in [2.75, 3.05) is 27.8 Å². The maximum atomic E-state index is 13.2. The van der Waals surface area contributed by atoms with Gasteiger partial charge in [-0.3, -0.25) is 29.0 Å². The quantitative estimate of drug-likeness (QED) is 0.0364. The number of carbonyl (C=O) groups excluding carboxylic acids is 5. The van der Waals surface area contributed by atoms with Crippen molar-refractivity contribution < 1.29 is 24.0 Å². The second-order valence-corrected chi connectivity index (χ2v) is 11.6. The molecular weight excluding hydrogens is 656 g/mol. The first-order chi connectivity index (χ1) is 23.2. The lowest BCUT2D eigenvalue weighted by atomic mass is 10.3. The molecule has 18 heteroatoms. The van der Waals surface area contributed by atoms with Gasteiger partial charge in [0, 0.05) is 59.5 Å². The lowest BCUT2D eigenvalue weighted by molar-refractivity contribution is -0.112. The van der Waals surface area contributed by atoms with E-state index >= 15 is 0 Å². The predicted molar refractivity (Wildman–Crippen MR) is 187 cm³/mol. The fourth-order valence-electron chi connectivity index (χ4n) is 4.77. The molecule has 49 heavy (non-hydrogen) atoms. The van der Waals surface area contributed by atoms with Crippen LogP contribution in [-0.2, 0) is 33.0 Å². The fourth-order valence-corrected chi connectivity index (χ4v) is 4.82. The Morgan fingerprint density at radius 3 is 1.41 bits per heavy atom. The summed E-state index contributed by atoms with van der Waals surface area (Å²) in [7, 11) is 6.62. The molecule has 0 saturated heterocycles. The number of aliphatic imine (C=N–C) groups is 1. The van der Waals surface area contributed by atoms with E-state index in [0.717, 1.165) is 0 Å². The second-order valence-electron chi connectivity index (χ2n) is 11.1. The number of hydrazine groups is 1. The highest BCUT2D eigenvalue weighted by atomic mass is 35.5. The smallest absolute Gasteiger partial charge is 0.272 e. The van der Waals surface area contributed by atoms with Crippen molar-refractivity contribution in [3.8, 4) is 0 Å². The monoisotopic (exact) mass is 692 g/mol. The van der Waals surface area contributed by atoms with Crippen LogP contribution in [0, 0.1) is 0 Å². The van der Waals surface area contributed by atoms with Gasteiger partial charge in [0.15, 0.2) is 0 Å². The average molecular weight is 693 g/mol. The molecule has 0 aliphatic heterocycles. The van der Waals surface area contributed by atoms with Gasteiger partial charge in [0.2, 0.25) is 0 Å². The van der Waals surface area contributed by atoms with Crippen molar-refractivity contribution in [2.24, 2.45) is 39.0 Å². The number of anilines is 4. The summed E-state index contributed by atoms with van der Waals surface area (Å²) >= 11 is 5.61. The van der Waals surface area contributed by atoms with E-state index < -0.39 is 23.6 Å². The van der Waals surface area contributed by atoms with Crippen LogP contribution in [0.15, 0.2) is 65.7 Å². The van der Waals surface area contributed by atoms with Gasteiger partial charge in [-0.1, -0.05) is 18.2 Å². The number of hydrogen-bond acceptors (Lipinski definition) is 7. The molecule has 4 rings (SSSR count). The Bertz CT molecular complexity index is 1960. The predicted octanol–water partition coefficient (Wildman–Crippen LogP) is 2.10. The van der Waals surface area contributed by atoms with E-state index in [9.17, 15) is 24.0 Å². The molecule has 5 amide bonds. The summed E-state index contributed by atoms with van der Waals surface area (Å²) < 4.78 is 6.20. The molecule has 258 valence electrons. The molecule has 4 heterocycles. The van der Waals surface area contributed by atoms with Gasteiger partial charge in [-0.2, -0.15) is 0 Å². The first-order valence-corrected chi connectivity index (χ1v) is 15.1. The van der Waals surface area contributed by atoms with E-state index in [1.54, 1.807) is 72.7 Å². The van der Waals surface area contributed by atoms with Crippen molar-refractivity contribution in [2.45, 2.75) is 13.0 Å². The van der Waals surface area contributed by atoms with Crippen molar-refractivity contribution >= 4 is 70.2 Å². The van der Waals surface area contributed by atoms with Crippen LogP contribution in [0.25, 0.3) is 0 Å². The van der Waals surface area contributed by atoms with Crippen LogP contribution in [0.2, 0.25) is 0 Å². The first-order valence-electron chi connectivity index (χ1n) is 14.7. The number of carbonyl (C=O) groups is 5. The third kappa shape index (κ3) is 8.85. The molecule has 0 fully saturated rings. The molecule has 8 N–H and O–H groups in total. The zero-order chi connectivity index (χ0) is 36.0. The Morgan fingerprint density at radius 2 is 1.06 bits per heavy atom. The Kier molecular flexibility index (Phi) is 11.1. The van der Waals surface area contributed by atoms with Crippen LogP contribution < -0.4 is 37.9 Å². The molecule has 4 aromatic rings. The molecule has 4 aromatic heterocycles. The zero-order valence-corrected chi connectivity index (χ0v) is 28.2. The highest BCUT2D eigenvalue weighted by molar-refractivity contribution is 6.43. The van der Waals surface area contributed by atoms with Gasteiger partial charge >= 0.3 is 0 Å². The van der Waals surface area contributed by atoms with Crippen LogP contribution in [0.1, 0.15) is 48.9 Å². The molecule has 1 atom stereocenters. The van der Waals surface area contributed by atoms with Gasteiger partial charge in [0.05, 0.1) is 40.2 Å². The van der Waals surface area contributed by atoms with E-state index in [4.69, 9.17) is 17.4 Å². The van der Waals surface area contributed by atoms with E-state index in [1.807, 2.05) is 6.92 Å². The highest BCUT2D eigenvalue weighted by Gasteiger charge is 2.20. The minimum Gasteiger partial charge on any atom is -0.349 e. The second kappa shape index (κ2) is 15.2. The molecule has 0 spiro atoms. The number of amides is 5. The summed E-state index contributed by atoms with van der Waals surface area (Å²) in [6.45, 7) is 5.46. The Morgan fingerprint density at radius 1 is 0.714 bits per heavy atom. The summed E-state index contributed by atoms with van der Waals surface area (Å²) in [5.41, 5.74) is 4.84. The normalized spacial score (nSPS) is 11.6. The molecule has 17 nitrogen and oxygen atoms in total. The molecule has 0 bridgehead atoms. The van der Waals surface area contributed by atoms with E-state index in [0.29, 0.717) is 28.4 Å². The fraction of sp³-hybridized carbons (Fsp3) is 0.226. The summed E-state index contributed by atoms with van der Waals surface area (Å²) in [4.78, 5) is 67.8. The standard InChI is InChI=1S/C31H37ClN12O5/c1-17(35-16-36-33)11-34-28(46)23-7-20(13-41(23)3)38-30(48)25-9-22(15-43(25)5)40-31(49)26-10-21(14-44(26)6)39-29(47)24-8-19(12-42(24)4)37-27(45)18(2)32/h7-10,12-17H,2,11,33H2,1,3-6H3,(H,34,46)(H,35,36)(H,37,45)(H,38,48)(H,39,47)(H,40,49). The number of hydrogen-bond donors (Lipinski definition) is 7. The molecule has 0 radical (unpaired) electrons. The van der Waals surface area contributed by atoms with Gasteiger partial charge in [0.25, 0.3) is 29.5 Å². The van der Waals surface area contributed by atoms with Gasteiger partial charge in [-0.15, -0.1) is 0 Å². The molecule has 0 aromatic carbocycles. The van der Waals surface area contributed by atoms with Gasteiger partial charge in [-0.05, 0) is 31.2 Å². The van der Waals surface area contributed by atoms with Crippen LogP contribution in [0.3, 0.4) is 0 Å². The summed E-state index contributed by atoms with van der Waals surface area (Å²) in [6, 6.07) is 5.83. The summed E-state index contributed by atoms with van der Waals surface area (Å²) in [5, 5.41) is 13.4. The Labute approximate surface area is 286 Å². The maximum Gasteiger partial charge on any atom is 0.272 e. The summed E-state index contributed by atoms with van der Waals surface area (Å²) in [6.07, 6.45) is 7.64. The molecular formula is C31H37ClN12O5. The molecule has 0 aliphatic carbocycles. The zero-order valence-electron chi connectivity index (χ0n) is 27.4. The number of rotatable bonds is 13. The van der Waals surface area contributed by atoms with Crippen LogP contribution in [0.4, 0.5) is 22.7 Å². The maximum absolute atomic E-state index is 13.2. The van der Waals surface area contributed by atoms with Crippen molar-refractivity contribution in [1.29, 1.82) is 0 Å². The number of aryl methyl sites for hydroxylation is 4. The van der Waals surface area contributed by atoms with Gasteiger partial charge in [-0.25, -0.2) is 5.84 Å². The molecule has 0 aliphatic rings. The van der Waals surface area contributed by atoms with Crippen molar-refractivity contribution in [3.05, 3.63) is 83.4 Å². The minimum atomic E-state index is -0.592. The van der Waals surface area contributed by atoms with E-state index in [2.05, 4.69) is 43.6 Å². The van der Waals surface area contributed by atoms with Gasteiger partial charge < -0.3 is 50.3 Å². The SMILES string of the molecule is C=C(Cl)C(=O)Nc1cc(C(=O)Nc2cc(C(=O)Nc3cc(C(=O)Nc4cc(C(=O)NCC(C)N=CNN)n(C)c4)n(C)c3)n(C)c2)n(C)c1. The lowest BCUT2D eigenvalue weighted by Gasteiger charge is -2.08. The third-order valence-electron chi connectivity index (χ3n) is 7.19. The lowest BCUT2D eigenvalue weighted by Crippen LogP contribution is -2.32. The summed E-state index contributed by atoms with van der Waals surface area (Å²) in [5.74, 6) is 2.82. The van der Waals surface area contributed by atoms with Gasteiger partial charge in [0.1, 0.15) is 22.8 Å². The highest BCUT2D eigenvalue weighted by Crippen LogP contribution is 2.21. The number of nitrogens with one attached hydrogen (secondary N) is 6. The van der Waals surface area contributed by atoms with Crippen LogP contribution in [-0.4, -0.2) is 66.7 Å².